The van der Waals surface area contributed by atoms with E-state index < -0.39 is 0 Å². The Morgan fingerprint density at radius 1 is 1.44 bits per heavy atom. The zero-order valence-electron chi connectivity index (χ0n) is 5.42. The van der Waals surface area contributed by atoms with Crippen molar-refractivity contribution in [3.8, 4) is 0 Å². The molecule has 0 bridgehead atoms. The first-order valence-electron chi connectivity index (χ1n) is 2.32. The Morgan fingerprint density at radius 2 is 2.11 bits per heavy atom. The molecular formula is C7H8BrZn-. The van der Waals surface area contributed by atoms with Crippen LogP contribution < -0.4 is 0 Å². The van der Waals surface area contributed by atoms with E-state index in [-0.39, 0.29) is 36.5 Å². The molecule has 0 amide bonds. The molecule has 0 aliphatic rings. The van der Waals surface area contributed by atoms with Gasteiger partial charge in [0.2, 0.25) is 0 Å². The third-order valence-corrected chi connectivity index (χ3v) is 0.863. The van der Waals surface area contributed by atoms with Gasteiger partial charge >= 0.3 is 0 Å². The molecule has 1 aromatic carbocycles. The monoisotopic (exact) mass is 235 g/mol. The fourth-order valence-electron chi connectivity index (χ4n) is 0.483. The largest absolute Gasteiger partial charge is 0.184 e. The molecule has 0 heterocycles. The van der Waals surface area contributed by atoms with E-state index in [9.17, 15) is 0 Å². The van der Waals surface area contributed by atoms with Crippen molar-refractivity contribution in [2.75, 3.05) is 0 Å². The molecular weight excluding hydrogens is 229 g/mol. The number of aryl methyl sites for hydroxylation is 1. The van der Waals surface area contributed by atoms with Gasteiger partial charge in [0.15, 0.2) is 0 Å². The predicted molar refractivity (Wildman–Crippen MR) is 40.3 cm³/mol. The first kappa shape index (κ1) is 12.0. The van der Waals surface area contributed by atoms with Gasteiger partial charge in [0, 0.05) is 19.5 Å². The molecule has 0 atom stereocenters. The number of rotatable bonds is 0. The number of halogens is 1. The van der Waals surface area contributed by atoms with Gasteiger partial charge in [-0.2, -0.15) is 35.9 Å². The molecule has 1 rings (SSSR count). The zero-order valence-corrected chi connectivity index (χ0v) is 10.1. The van der Waals surface area contributed by atoms with E-state index in [0.717, 1.165) is 0 Å². The van der Waals surface area contributed by atoms with E-state index in [4.69, 9.17) is 0 Å². The third kappa shape index (κ3) is 4.80. The average Bonchev–Trinajstić information content (AvgIpc) is 1.69. The molecule has 0 saturated heterocycles. The van der Waals surface area contributed by atoms with Gasteiger partial charge in [-0.1, -0.05) is 6.92 Å². The molecule has 1 aromatic rings. The molecule has 0 radical (unpaired) electrons. The summed E-state index contributed by atoms with van der Waals surface area (Å²) in [5, 5.41) is 0. The normalized spacial score (nSPS) is 6.78. The Bertz CT molecular complexity index is 139. The molecule has 0 aromatic heterocycles. The molecule has 9 heavy (non-hydrogen) atoms. The summed E-state index contributed by atoms with van der Waals surface area (Å²) in [4.78, 5) is 0. The summed E-state index contributed by atoms with van der Waals surface area (Å²) in [6.45, 7) is 2.05. The van der Waals surface area contributed by atoms with Crippen molar-refractivity contribution in [3.05, 3.63) is 35.9 Å². The van der Waals surface area contributed by atoms with Gasteiger partial charge < -0.3 is 0 Å². The van der Waals surface area contributed by atoms with Crippen molar-refractivity contribution in [2.24, 2.45) is 0 Å². The maximum absolute atomic E-state index is 2.96. The van der Waals surface area contributed by atoms with E-state index in [2.05, 4.69) is 19.1 Å². The summed E-state index contributed by atoms with van der Waals surface area (Å²) in [5.74, 6) is 0. The number of hydrogen-bond donors (Lipinski definition) is 0. The second kappa shape index (κ2) is 6.44. The predicted octanol–water partition coefficient (Wildman–Crippen LogP) is 2.37. The van der Waals surface area contributed by atoms with Crippen LogP contribution in [0, 0.1) is 13.0 Å². The summed E-state index contributed by atoms with van der Waals surface area (Å²) in [7, 11) is 0. The first-order chi connectivity index (χ1) is 3.39. The van der Waals surface area contributed by atoms with Crippen LogP contribution in [-0.4, -0.2) is 0 Å². The van der Waals surface area contributed by atoms with Crippen molar-refractivity contribution in [3.63, 3.8) is 0 Å². The van der Waals surface area contributed by atoms with E-state index in [1.807, 2.05) is 18.2 Å². The molecule has 2 heteroatoms. The minimum atomic E-state index is 0. The van der Waals surface area contributed by atoms with Crippen LogP contribution in [0.15, 0.2) is 24.3 Å². The van der Waals surface area contributed by atoms with Crippen LogP contribution in [0.5, 0.6) is 0 Å². The Kier molecular flexibility index (Phi) is 8.62. The zero-order chi connectivity index (χ0) is 5.11. The van der Waals surface area contributed by atoms with Crippen LogP contribution in [0.3, 0.4) is 0 Å². The van der Waals surface area contributed by atoms with E-state index in [0.29, 0.717) is 0 Å². The SMILES string of the molecule is Br.Cc1c[c-]ccc1.[Zn]. The van der Waals surface area contributed by atoms with Crippen LogP contribution in [0.1, 0.15) is 5.56 Å². The van der Waals surface area contributed by atoms with Crippen molar-refractivity contribution in [2.45, 2.75) is 6.92 Å². The molecule has 0 aliphatic heterocycles. The Balaban J connectivity index is 0. The van der Waals surface area contributed by atoms with Crippen LogP contribution in [-0.2, 0) is 19.5 Å². The second-order valence-electron chi connectivity index (χ2n) is 1.58. The van der Waals surface area contributed by atoms with Gasteiger partial charge in [-0.25, -0.2) is 0 Å². The summed E-state index contributed by atoms with van der Waals surface area (Å²) in [6, 6.07) is 10.8. The fraction of sp³-hybridized carbons (Fsp3) is 0.143. The number of hydrogen-bond acceptors (Lipinski definition) is 0. The smallest absolute Gasteiger partial charge is 0 e. The van der Waals surface area contributed by atoms with Gasteiger partial charge in [0.05, 0.1) is 0 Å². The molecule has 0 saturated carbocycles. The van der Waals surface area contributed by atoms with Gasteiger partial charge in [0.25, 0.3) is 0 Å². The van der Waals surface area contributed by atoms with Crippen LogP contribution in [0.2, 0.25) is 0 Å². The summed E-state index contributed by atoms with van der Waals surface area (Å²) in [6.07, 6.45) is 0. The minimum absolute atomic E-state index is 0. The first-order valence-corrected chi connectivity index (χ1v) is 2.32. The molecule has 0 aliphatic carbocycles. The standard InChI is InChI=1S/C7H7.BrH.Zn/c1-7-5-3-2-4-6-7;;/h2-3,5-6H,1H3;1H;/q-1;;. The fourth-order valence-corrected chi connectivity index (χ4v) is 0.483. The maximum atomic E-state index is 2.96. The maximum Gasteiger partial charge on any atom is 0 e. The van der Waals surface area contributed by atoms with Crippen LogP contribution in [0.4, 0.5) is 0 Å². The molecule has 46 valence electrons. The minimum Gasteiger partial charge on any atom is -0.184 e. The van der Waals surface area contributed by atoms with Crippen LogP contribution >= 0.6 is 17.0 Å². The Morgan fingerprint density at radius 3 is 2.33 bits per heavy atom. The summed E-state index contributed by atoms with van der Waals surface area (Å²) < 4.78 is 0. The second-order valence-corrected chi connectivity index (χ2v) is 1.58. The summed E-state index contributed by atoms with van der Waals surface area (Å²) in [5.41, 5.74) is 1.27. The third-order valence-electron chi connectivity index (χ3n) is 0.863. The molecule has 0 N–H and O–H groups in total. The van der Waals surface area contributed by atoms with Crippen molar-refractivity contribution < 1.29 is 19.5 Å². The van der Waals surface area contributed by atoms with Crippen molar-refractivity contribution in [1.82, 2.24) is 0 Å². The average molecular weight is 237 g/mol. The van der Waals surface area contributed by atoms with Crippen LogP contribution in [0.25, 0.3) is 0 Å². The van der Waals surface area contributed by atoms with Gasteiger partial charge in [-0.15, -0.1) is 17.0 Å². The quantitative estimate of drug-likeness (QED) is 0.480. The van der Waals surface area contributed by atoms with Gasteiger partial charge in [-0.05, 0) is 0 Å². The Hall–Kier alpha value is 0.323. The van der Waals surface area contributed by atoms with Crippen molar-refractivity contribution in [1.29, 1.82) is 0 Å². The molecule has 0 fully saturated rings. The van der Waals surface area contributed by atoms with E-state index in [1.54, 1.807) is 0 Å². The molecule has 0 nitrogen and oxygen atoms in total. The van der Waals surface area contributed by atoms with Gasteiger partial charge in [0.1, 0.15) is 0 Å². The molecule has 0 unspecified atom stereocenters. The topological polar surface area (TPSA) is 0 Å². The van der Waals surface area contributed by atoms with E-state index in [1.165, 1.54) is 5.56 Å². The summed E-state index contributed by atoms with van der Waals surface area (Å²) >= 11 is 0. The number of benzene rings is 1. The Labute approximate surface area is 79.2 Å². The molecule has 0 spiro atoms. The van der Waals surface area contributed by atoms with Gasteiger partial charge in [-0.3, -0.25) is 0 Å². The van der Waals surface area contributed by atoms with E-state index >= 15 is 0 Å². The van der Waals surface area contributed by atoms with Crippen molar-refractivity contribution >= 4 is 17.0 Å².